The van der Waals surface area contributed by atoms with Crippen LogP contribution in [0.15, 0.2) is 30.5 Å². The number of aryl methyl sites for hydroxylation is 2. The van der Waals surface area contributed by atoms with Crippen LogP contribution in [0.2, 0.25) is 0 Å². The molecule has 108 valence electrons. The third kappa shape index (κ3) is 2.93. The van der Waals surface area contributed by atoms with Gasteiger partial charge in [0.2, 0.25) is 0 Å². The van der Waals surface area contributed by atoms with Crippen LogP contribution in [0.4, 0.5) is 0 Å². The van der Waals surface area contributed by atoms with Crippen molar-refractivity contribution in [3.63, 3.8) is 0 Å². The zero-order valence-corrected chi connectivity index (χ0v) is 13.0. The molecule has 0 aliphatic heterocycles. The summed E-state index contributed by atoms with van der Waals surface area (Å²) in [7, 11) is 0. The van der Waals surface area contributed by atoms with Crippen LogP contribution in [0.5, 0.6) is 0 Å². The number of nitrogens with one attached hydrogen (secondary N) is 1. The summed E-state index contributed by atoms with van der Waals surface area (Å²) < 4.78 is 2.12. The van der Waals surface area contributed by atoms with E-state index in [1.807, 2.05) is 6.20 Å². The first-order valence-electron chi connectivity index (χ1n) is 7.50. The highest BCUT2D eigenvalue weighted by molar-refractivity contribution is 5.39. The van der Waals surface area contributed by atoms with Crippen molar-refractivity contribution >= 4 is 0 Å². The Morgan fingerprint density at radius 2 is 2.00 bits per heavy atom. The Kier molecular flexibility index (Phi) is 4.96. The number of benzene rings is 1. The lowest BCUT2D eigenvalue weighted by molar-refractivity contribution is 0.519. The van der Waals surface area contributed by atoms with Crippen LogP contribution >= 0.6 is 0 Å². The molecule has 0 aliphatic rings. The number of hydrogen-bond acceptors (Lipinski definition) is 2. The number of aromatic nitrogens is 2. The smallest absolute Gasteiger partial charge is 0.0750 e. The van der Waals surface area contributed by atoms with E-state index >= 15 is 0 Å². The molecular formula is C17H25N3. The molecule has 3 nitrogen and oxygen atoms in total. The maximum atomic E-state index is 4.46. The molecule has 1 aromatic carbocycles. The van der Waals surface area contributed by atoms with Crippen LogP contribution in [0.25, 0.3) is 0 Å². The lowest BCUT2D eigenvalue weighted by Crippen LogP contribution is -2.25. The van der Waals surface area contributed by atoms with Gasteiger partial charge < -0.3 is 5.32 Å². The summed E-state index contributed by atoms with van der Waals surface area (Å²) in [4.78, 5) is 0. The highest BCUT2D eigenvalue weighted by Gasteiger charge is 2.19. The largest absolute Gasteiger partial charge is 0.305 e. The van der Waals surface area contributed by atoms with Crippen LogP contribution in [0, 0.1) is 13.8 Å². The molecule has 20 heavy (non-hydrogen) atoms. The maximum absolute atomic E-state index is 4.46. The van der Waals surface area contributed by atoms with Gasteiger partial charge in [0.25, 0.3) is 0 Å². The minimum atomic E-state index is 0.217. The summed E-state index contributed by atoms with van der Waals surface area (Å²) in [5, 5.41) is 8.07. The minimum Gasteiger partial charge on any atom is -0.305 e. The number of hydrogen-bond donors (Lipinski definition) is 1. The zero-order valence-electron chi connectivity index (χ0n) is 13.0. The van der Waals surface area contributed by atoms with Crippen molar-refractivity contribution in [2.75, 3.05) is 6.54 Å². The average Bonchev–Trinajstić information content (AvgIpc) is 2.88. The highest BCUT2D eigenvalue weighted by atomic mass is 15.3. The van der Waals surface area contributed by atoms with Crippen molar-refractivity contribution in [2.24, 2.45) is 0 Å². The first-order chi connectivity index (χ1) is 9.69. The normalized spacial score (nSPS) is 12.6. The van der Waals surface area contributed by atoms with E-state index in [2.05, 4.69) is 67.1 Å². The van der Waals surface area contributed by atoms with Gasteiger partial charge in [0.05, 0.1) is 11.7 Å². The molecule has 1 N–H and O–H groups in total. The van der Waals surface area contributed by atoms with E-state index in [9.17, 15) is 0 Å². The average molecular weight is 271 g/mol. The Bertz CT molecular complexity index is 557. The van der Waals surface area contributed by atoms with Gasteiger partial charge in [-0.15, -0.1) is 0 Å². The van der Waals surface area contributed by atoms with Gasteiger partial charge in [-0.2, -0.15) is 5.10 Å². The van der Waals surface area contributed by atoms with E-state index < -0.39 is 0 Å². The molecule has 1 atom stereocenters. The fourth-order valence-electron chi connectivity index (χ4n) is 2.65. The third-order valence-electron chi connectivity index (χ3n) is 3.85. The van der Waals surface area contributed by atoms with Crippen LogP contribution in [0.3, 0.4) is 0 Å². The summed E-state index contributed by atoms with van der Waals surface area (Å²) in [5.41, 5.74) is 5.31. The number of nitrogens with zero attached hydrogens (tertiary/aromatic N) is 2. The second-order valence-corrected chi connectivity index (χ2v) is 5.26. The van der Waals surface area contributed by atoms with E-state index in [0.717, 1.165) is 19.5 Å². The van der Waals surface area contributed by atoms with Gasteiger partial charge in [0, 0.05) is 12.7 Å². The maximum Gasteiger partial charge on any atom is 0.0750 e. The quantitative estimate of drug-likeness (QED) is 0.870. The Morgan fingerprint density at radius 3 is 2.70 bits per heavy atom. The molecule has 2 rings (SSSR count). The van der Waals surface area contributed by atoms with Gasteiger partial charge in [-0.25, -0.2) is 0 Å². The van der Waals surface area contributed by atoms with Crippen LogP contribution in [0.1, 0.15) is 48.7 Å². The van der Waals surface area contributed by atoms with Crippen LogP contribution < -0.4 is 5.32 Å². The fourth-order valence-corrected chi connectivity index (χ4v) is 2.65. The summed E-state index contributed by atoms with van der Waals surface area (Å²) in [5.74, 6) is 0. The number of rotatable bonds is 6. The molecule has 1 aromatic heterocycles. The zero-order chi connectivity index (χ0) is 14.5. The predicted molar refractivity (Wildman–Crippen MR) is 84.0 cm³/mol. The topological polar surface area (TPSA) is 29.9 Å². The van der Waals surface area contributed by atoms with Gasteiger partial charge in [-0.05, 0) is 49.6 Å². The van der Waals surface area contributed by atoms with E-state index in [1.165, 1.54) is 22.4 Å². The van der Waals surface area contributed by atoms with E-state index in [4.69, 9.17) is 0 Å². The molecule has 0 amide bonds. The van der Waals surface area contributed by atoms with E-state index in [-0.39, 0.29) is 6.04 Å². The standard InChI is InChI=1S/C17H25N3/c1-5-12-20-16(10-11-19-20)17(18-6-2)15-9-7-8-13(3)14(15)4/h7-11,17-18H,5-6,12H2,1-4H3. The highest BCUT2D eigenvalue weighted by Crippen LogP contribution is 2.26. The molecule has 0 radical (unpaired) electrons. The molecule has 0 aliphatic carbocycles. The minimum absolute atomic E-state index is 0.217. The predicted octanol–water partition coefficient (Wildman–Crippen LogP) is 3.61. The molecule has 3 heteroatoms. The Balaban J connectivity index is 2.45. The molecule has 0 saturated carbocycles. The van der Waals surface area contributed by atoms with E-state index in [0.29, 0.717) is 0 Å². The van der Waals surface area contributed by atoms with Crippen LogP contribution in [-0.2, 0) is 6.54 Å². The molecular weight excluding hydrogens is 246 g/mol. The van der Waals surface area contributed by atoms with E-state index in [1.54, 1.807) is 0 Å². The second kappa shape index (κ2) is 6.71. The van der Waals surface area contributed by atoms with Crippen molar-refractivity contribution in [1.82, 2.24) is 15.1 Å². The van der Waals surface area contributed by atoms with Crippen molar-refractivity contribution in [3.8, 4) is 0 Å². The molecule has 2 aromatic rings. The molecule has 0 saturated heterocycles. The van der Waals surface area contributed by atoms with Crippen molar-refractivity contribution in [3.05, 3.63) is 52.8 Å². The van der Waals surface area contributed by atoms with Gasteiger partial charge in [-0.1, -0.05) is 32.0 Å². The lowest BCUT2D eigenvalue weighted by Gasteiger charge is -2.22. The summed E-state index contributed by atoms with van der Waals surface area (Å²) in [6, 6.07) is 8.88. The van der Waals surface area contributed by atoms with Crippen LogP contribution in [-0.4, -0.2) is 16.3 Å². The van der Waals surface area contributed by atoms with Gasteiger partial charge in [0.1, 0.15) is 0 Å². The molecule has 0 fully saturated rings. The Hall–Kier alpha value is -1.61. The molecule has 0 spiro atoms. The Morgan fingerprint density at radius 1 is 1.20 bits per heavy atom. The lowest BCUT2D eigenvalue weighted by atomic mass is 9.95. The van der Waals surface area contributed by atoms with Gasteiger partial charge in [0.15, 0.2) is 0 Å². The molecule has 1 heterocycles. The SMILES string of the molecule is CCCn1nccc1C(NCC)c1cccc(C)c1C. The van der Waals surface area contributed by atoms with Crippen molar-refractivity contribution in [1.29, 1.82) is 0 Å². The van der Waals surface area contributed by atoms with Gasteiger partial charge in [-0.3, -0.25) is 4.68 Å². The monoisotopic (exact) mass is 271 g/mol. The third-order valence-corrected chi connectivity index (χ3v) is 3.85. The second-order valence-electron chi connectivity index (χ2n) is 5.26. The first-order valence-corrected chi connectivity index (χ1v) is 7.50. The summed E-state index contributed by atoms with van der Waals surface area (Å²) >= 11 is 0. The van der Waals surface area contributed by atoms with Crippen molar-refractivity contribution in [2.45, 2.75) is 46.7 Å². The van der Waals surface area contributed by atoms with Crippen molar-refractivity contribution < 1.29 is 0 Å². The molecule has 1 unspecified atom stereocenters. The Labute approximate surface area is 122 Å². The first kappa shape index (κ1) is 14.8. The molecule has 0 bridgehead atoms. The van der Waals surface area contributed by atoms with Gasteiger partial charge >= 0.3 is 0 Å². The summed E-state index contributed by atoms with van der Waals surface area (Å²) in [6.07, 6.45) is 3.00. The summed E-state index contributed by atoms with van der Waals surface area (Å²) in [6.45, 7) is 10.6. The fraction of sp³-hybridized carbons (Fsp3) is 0.471.